The normalized spacial score (nSPS) is 15.1. The fraction of sp³-hybridized carbons (Fsp3) is 0.250. The van der Waals surface area contributed by atoms with E-state index in [1.165, 1.54) is 13.3 Å². The van der Waals surface area contributed by atoms with Gasteiger partial charge in [-0.15, -0.1) is 0 Å². The Morgan fingerprint density at radius 2 is 1.84 bits per heavy atom. The van der Waals surface area contributed by atoms with Crippen LogP contribution < -0.4 is 24.5 Å². The van der Waals surface area contributed by atoms with Crippen molar-refractivity contribution in [3.63, 3.8) is 0 Å². The molecule has 0 spiro atoms. The molecule has 0 bridgehead atoms. The second-order valence-corrected chi connectivity index (χ2v) is 9.33. The first-order valence-electron chi connectivity index (χ1n) is 12.0. The Labute approximate surface area is 231 Å². The van der Waals surface area contributed by atoms with E-state index in [0.717, 1.165) is 17.0 Å². The highest BCUT2D eigenvalue weighted by molar-refractivity contribution is 6.42. The van der Waals surface area contributed by atoms with Gasteiger partial charge in [0.25, 0.3) is 0 Å². The van der Waals surface area contributed by atoms with Crippen LogP contribution in [0.1, 0.15) is 24.5 Å². The van der Waals surface area contributed by atoms with Gasteiger partial charge in [-0.3, -0.25) is 9.59 Å². The van der Waals surface area contributed by atoms with Gasteiger partial charge in [0.15, 0.2) is 11.5 Å². The average molecular weight is 556 g/mol. The third-order valence-corrected chi connectivity index (χ3v) is 6.65. The Bertz CT molecular complexity index is 1330. The van der Waals surface area contributed by atoms with Crippen molar-refractivity contribution in [2.45, 2.75) is 20.0 Å². The van der Waals surface area contributed by atoms with Crippen LogP contribution in [0.15, 0.2) is 65.8 Å². The number of hydrogen-bond donors (Lipinski definition) is 1. The highest BCUT2D eigenvalue weighted by Crippen LogP contribution is 2.30. The molecule has 8 nitrogen and oxygen atoms in total. The smallest absolute Gasteiger partial charge is 0.245 e. The number of nitrogens with zero attached hydrogens (tertiary/aromatic N) is 2. The third kappa shape index (κ3) is 6.76. The molecule has 1 saturated heterocycles. The van der Waals surface area contributed by atoms with E-state index in [1.54, 1.807) is 35.2 Å². The summed E-state index contributed by atoms with van der Waals surface area (Å²) >= 11 is 12.0. The van der Waals surface area contributed by atoms with Crippen molar-refractivity contribution in [3.8, 4) is 17.2 Å². The summed E-state index contributed by atoms with van der Waals surface area (Å²) in [6.07, 6.45) is 1.62. The van der Waals surface area contributed by atoms with Crippen molar-refractivity contribution >= 4 is 46.9 Å². The molecule has 10 heteroatoms. The van der Waals surface area contributed by atoms with Crippen LogP contribution in [-0.2, 0) is 16.2 Å². The highest BCUT2D eigenvalue weighted by atomic mass is 35.5. The maximum atomic E-state index is 12.7. The second-order valence-electron chi connectivity index (χ2n) is 8.51. The quantitative estimate of drug-likeness (QED) is 0.264. The standard InChI is InChI=1S/C28H27Cl2N3O5/c1-3-37-22-8-6-21(7-9-22)33-16-20(14-27(33)34)28(35)32-31-15-18-5-11-25(26(13-18)36-2)38-17-19-4-10-23(29)24(30)12-19/h4-13,15,20H,3,14,16-17H2,1-2H3,(H,32,35)/b31-15-/t20-/m1/s1. The Hall–Kier alpha value is -3.75. The molecule has 0 aliphatic carbocycles. The molecule has 4 rings (SSSR count). The predicted octanol–water partition coefficient (Wildman–Crippen LogP) is 5.48. The maximum absolute atomic E-state index is 12.7. The van der Waals surface area contributed by atoms with E-state index in [2.05, 4.69) is 10.5 Å². The number of hydrogen-bond acceptors (Lipinski definition) is 6. The van der Waals surface area contributed by atoms with E-state index in [4.69, 9.17) is 37.4 Å². The number of carbonyl (C=O) groups is 2. The first kappa shape index (κ1) is 27.3. The number of rotatable bonds is 10. The van der Waals surface area contributed by atoms with Crippen molar-refractivity contribution < 1.29 is 23.8 Å². The molecule has 3 aromatic rings. The summed E-state index contributed by atoms with van der Waals surface area (Å²) in [5.74, 6) is 0.842. The van der Waals surface area contributed by atoms with E-state index in [1.807, 2.05) is 37.3 Å². The molecule has 198 valence electrons. The number of amides is 2. The van der Waals surface area contributed by atoms with Gasteiger partial charge in [0.1, 0.15) is 12.4 Å². The monoisotopic (exact) mass is 555 g/mol. The Balaban J connectivity index is 1.32. The Morgan fingerprint density at radius 1 is 1.05 bits per heavy atom. The van der Waals surface area contributed by atoms with E-state index in [-0.39, 0.29) is 31.4 Å². The van der Waals surface area contributed by atoms with Crippen LogP contribution in [0.25, 0.3) is 0 Å². The van der Waals surface area contributed by atoms with Crippen molar-refractivity contribution in [1.29, 1.82) is 0 Å². The number of halogens is 2. The lowest BCUT2D eigenvalue weighted by Crippen LogP contribution is -2.30. The van der Waals surface area contributed by atoms with Gasteiger partial charge in [0.05, 0.1) is 35.9 Å². The van der Waals surface area contributed by atoms with Crippen LogP contribution in [0, 0.1) is 5.92 Å². The topological polar surface area (TPSA) is 89.5 Å². The highest BCUT2D eigenvalue weighted by Gasteiger charge is 2.35. The molecular weight excluding hydrogens is 529 g/mol. The summed E-state index contributed by atoms with van der Waals surface area (Å²) in [6.45, 7) is 3.04. The van der Waals surface area contributed by atoms with Crippen molar-refractivity contribution in [2.75, 3.05) is 25.2 Å². The molecule has 1 atom stereocenters. The van der Waals surface area contributed by atoms with Crippen molar-refractivity contribution in [3.05, 3.63) is 81.8 Å². The molecule has 38 heavy (non-hydrogen) atoms. The minimum Gasteiger partial charge on any atom is -0.494 e. The molecule has 1 aliphatic rings. The molecule has 2 amide bonds. The number of benzene rings is 3. The van der Waals surface area contributed by atoms with E-state index in [0.29, 0.717) is 33.7 Å². The zero-order valence-corrected chi connectivity index (χ0v) is 22.5. The summed E-state index contributed by atoms with van der Waals surface area (Å²) in [4.78, 5) is 26.8. The third-order valence-electron chi connectivity index (χ3n) is 5.91. The van der Waals surface area contributed by atoms with Crippen LogP contribution in [0.5, 0.6) is 17.2 Å². The molecule has 1 heterocycles. The lowest BCUT2D eigenvalue weighted by atomic mass is 10.1. The van der Waals surface area contributed by atoms with Gasteiger partial charge >= 0.3 is 0 Å². The molecule has 0 radical (unpaired) electrons. The van der Waals surface area contributed by atoms with Gasteiger partial charge < -0.3 is 19.1 Å². The minimum atomic E-state index is -0.502. The van der Waals surface area contributed by atoms with Crippen molar-refractivity contribution in [2.24, 2.45) is 11.0 Å². The summed E-state index contributed by atoms with van der Waals surface area (Å²) in [5, 5.41) is 5.00. The van der Waals surface area contributed by atoms with Gasteiger partial charge in [0, 0.05) is 18.7 Å². The second kappa shape index (κ2) is 12.7. The van der Waals surface area contributed by atoms with Crippen LogP contribution in [0.2, 0.25) is 10.0 Å². The number of nitrogens with one attached hydrogen (secondary N) is 1. The fourth-order valence-electron chi connectivity index (χ4n) is 3.96. The first-order chi connectivity index (χ1) is 18.4. The number of ether oxygens (including phenoxy) is 3. The van der Waals surface area contributed by atoms with Gasteiger partial charge in [-0.05, 0) is 72.6 Å². The number of carbonyl (C=O) groups excluding carboxylic acids is 2. The minimum absolute atomic E-state index is 0.112. The number of hydrazone groups is 1. The number of anilines is 1. The fourth-order valence-corrected chi connectivity index (χ4v) is 4.28. The predicted molar refractivity (Wildman–Crippen MR) is 148 cm³/mol. The SMILES string of the molecule is CCOc1ccc(N2C[C@H](C(=O)N/N=C\c3ccc(OCc4ccc(Cl)c(Cl)c4)c(OC)c3)CC2=O)cc1. The molecule has 0 unspecified atom stereocenters. The van der Waals surface area contributed by atoms with Crippen molar-refractivity contribution in [1.82, 2.24) is 5.43 Å². The van der Waals surface area contributed by atoms with E-state index >= 15 is 0 Å². The molecular formula is C28H27Cl2N3O5. The number of methoxy groups -OCH3 is 1. The lowest BCUT2D eigenvalue weighted by Gasteiger charge is -2.17. The molecule has 1 N–H and O–H groups in total. The Morgan fingerprint density at radius 3 is 2.55 bits per heavy atom. The molecule has 0 aromatic heterocycles. The average Bonchev–Trinajstić information content (AvgIpc) is 3.32. The van der Waals surface area contributed by atoms with E-state index < -0.39 is 5.92 Å². The van der Waals surface area contributed by atoms with Gasteiger partial charge in [0.2, 0.25) is 11.8 Å². The van der Waals surface area contributed by atoms with Crippen LogP contribution >= 0.6 is 23.2 Å². The van der Waals surface area contributed by atoms with Gasteiger partial charge in [-0.25, -0.2) is 5.43 Å². The Kier molecular flexibility index (Phi) is 9.10. The van der Waals surface area contributed by atoms with Crippen LogP contribution in [0.4, 0.5) is 5.69 Å². The first-order valence-corrected chi connectivity index (χ1v) is 12.7. The van der Waals surface area contributed by atoms with Crippen LogP contribution in [0.3, 0.4) is 0 Å². The lowest BCUT2D eigenvalue weighted by molar-refractivity contribution is -0.126. The molecule has 1 aliphatic heterocycles. The summed E-state index contributed by atoms with van der Waals surface area (Å²) in [7, 11) is 1.54. The van der Waals surface area contributed by atoms with Crippen LogP contribution in [-0.4, -0.2) is 38.3 Å². The zero-order chi connectivity index (χ0) is 27.1. The molecule has 1 fully saturated rings. The molecule has 3 aromatic carbocycles. The van der Waals surface area contributed by atoms with E-state index in [9.17, 15) is 9.59 Å². The maximum Gasteiger partial charge on any atom is 0.245 e. The van der Waals surface area contributed by atoms with Gasteiger partial charge in [-0.2, -0.15) is 5.10 Å². The largest absolute Gasteiger partial charge is 0.494 e. The van der Waals surface area contributed by atoms with Gasteiger partial charge in [-0.1, -0.05) is 29.3 Å². The summed E-state index contributed by atoms with van der Waals surface area (Å²) in [6, 6.07) is 17.8. The summed E-state index contributed by atoms with van der Waals surface area (Å²) in [5.41, 5.74) is 4.82. The molecule has 0 saturated carbocycles. The zero-order valence-electron chi connectivity index (χ0n) is 20.9. The summed E-state index contributed by atoms with van der Waals surface area (Å²) < 4.78 is 16.7.